The Hall–Kier alpha value is -3.91. The van der Waals surface area contributed by atoms with Crippen LogP contribution in [0.15, 0.2) is 67.1 Å². The first kappa shape index (κ1) is 21.9. The van der Waals surface area contributed by atoms with Gasteiger partial charge in [-0.25, -0.2) is 4.98 Å². The van der Waals surface area contributed by atoms with Gasteiger partial charge in [0.15, 0.2) is 5.75 Å². The summed E-state index contributed by atoms with van der Waals surface area (Å²) in [5.74, 6) is 2.68. The Kier molecular flexibility index (Phi) is 5.67. The van der Waals surface area contributed by atoms with Crippen molar-refractivity contribution in [3.63, 3.8) is 0 Å². The van der Waals surface area contributed by atoms with Crippen molar-refractivity contribution in [3.8, 4) is 28.5 Å². The molecule has 0 aliphatic heterocycles. The van der Waals surface area contributed by atoms with Crippen LogP contribution in [-0.2, 0) is 5.60 Å². The third kappa shape index (κ3) is 4.87. The van der Waals surface area contributed by atoms with Crippen LogP contribution in [0, 0.1) is 0 Å². The first-order valence-electron chi connectivity index (χ1n) is 11.2. The molecular formula is C26H27N5O3. The minimum atomic E-state index is -1.03. The van der Waals surface area contributed by atoms with Crippen molar-refractivity contribution >= 4 is 11.5 Å². The number of aliphatic hydroxyl groups is 1. The smallest absolute Gasteiger partial charge is 0.173 e. The van der Waals surface area contributed by atoms with Crippen LogP contribution >= 0.6 is 0 Å². The molecule has 0 radical (unpaired) electrons. The Morgan fingerprint density at radius 3 is 2.62 bits per heavy atom. The summed E-state index contributed by atoms with van der Waals surface area (Å²) in [6.07, 6.45) is 7.55. The van der Waals surface area contributed by atoms with Crippen LogP contribution in [0.5, 0.6) is 17.2 Å². The fourth-order valence-electron chi connectivity index (χ4n) is 3.61. The molecule has 1 fully saturated rings. The Morgan fingerprint density at radius 1 is 1.03 bits per heavy atom. The van der Waals surface area contributed by atoms with Gasteiger partial charge in [-0.15, -0.1) is 0 Å². The first-order chi connectivity index (χ1) is 16.4. The molecule has 1 aliphatic rings. The molecule has 4 aromatic rings. The molecule has 1 aromatic carbocycles. The van der Waals surface area contributed by atoms with Crippen molar-refractivity contribution in [2.24, 2.45) is 0 Å². The van der Waals surface area contributed by atoms with E-state index in [0.29, 0.717) is 29.1 Å². The Balaban J connectivity index is 1.42. The molecule has 34 heavy (non-hydrogen) atoms. The number of hydrogen-bond acceptors (Lipinski definition) is 7. The van der Waals surface area contributed by atoms with Crippen LogP contribution in [0.25, 0.3) is 11.3 Å². The molecule has 0 saturated heterocycles. The SMILES string of the molecule is COc1cccc(-c2nn(C3CC3)cc2Oc2ccnc(Nc3ccnc(C(C)(C)O)c3)c2)c1. The maximum Gasteiger partial charge on any atom is 0.173 e. The molecule has 174 valence electrons. The van der Waals surface area contributed by atoms with Crippen molar-refractivity contribution in [1.29, 1.82) is 0 Å². The highest BCUT2D eigenvalue weighted by molar-refractivity contribution is 5.68. The van der Waals surface area contributed by atoms with Gasteiger partial charge in [-0.1, -0.05) is 12.1 Å². The average Bonchev–Trinajstić information content (AvgIpc) is 3.59. The van der Waals surface area contributed by atoms with Crippen molar-refractivity contribution < 1.29 is 14.6 Å². The summed E-state index contributed by atoms with van der Waals surface area (Å²) in [6.45, 7) is 3.40. The molecule has 0 bridgehead atoms. The van der Waals surface area contributed by atoms with Gasteiger partial charge in [0.25, 0.3) is 0 Å². The van der Waals surface area contributed by atoms with Crippen LogP contribution in [0.4, 0.5) is 11.5 Å². The van der Waals surface area contributed by atoms with Gasteiger partial charge < -0.3 is 19.9 Å². The van der Waals surface area contributed by atoms with E-state index in [1.54, 1.807) is 39.4 Å². The zero-order chi connectivity index (χ0) is 23.7. The number of pyridine rings is 2. The standard InChI is InChI=1S/C26H27N5O3/c1-26(2,32)23-14-18(9-11-27-23)29-24-15-21(10-12-28-24)34-22-16-31(19-7-8-19)30-25(22)17-5-4-6-20(13-17)33-3/h4-6,9-16,19,32H,7-8H2,1-3H3,(H,27,28,29). The van der Waals surface area contributed by atoms with Gasteiger partial charge in [-0.2, -0.15) is 5.10 Å². The lowest BCUT2D eigenvalue weighted by atomic mass is 10.0. The van der Waals surface area contributed by atoms with Crippen LogP contribution in [0.1, 0.15) is 38.4 Å². The third-order valence-corrected chi connectivity index (χ3v) is 5.58. The molecule has 3 heterocycles. The highest BCUT2D eigenvalue weighted by atomic mass is 16.5. The Morgan fingerprint density at radius 2 is 1.85 bits per heavy atom. The molecule has 1 saturated carbocycles. The summed E-state index contributed by atoms with van der Waals surface area (Å²) in [7, 11) is 1.65. The van der Waals surface area contributed by atoms with Gasteiger partial charge in [0, 0.05) is 29.7 Å². The van der Waals surface area contributed by atoms with Crippen LogP contribution in [-0.4, -0.2) is 32.0 Å². The number of ether oxygens (including phenoxy) is 2. The molecule has 1 aliphatic carbocycles. The molecule has 0 atom stereocenters. The maximum atomic E-state index is 10.2. The normalized spacial score (nSPS) is 13.5. The summed E-state index contributed by atoms with van der Waals surface area (Å²) in [6, 6.07) is 15.5. The van der Waals surface area contributed by atoms with Gasteiger partial charge in [0.05, 0.1) is 25.0 Å². The summed E-state index contributed by atoms with van der Waals surface area (Å²) in [5.41, 5.74) is 2.00. The average molecular weight is 458 g/mol. The molecule has 3 aromatic heterocycles. The monoisotopic (exact) mass is 457 g/mol. The summed E-state index contributed by atoms with van der Waals surface area (Å²) in [5, 5.41) is 18.3. The summed E-state index contributed by atoms with van der Waals surface area (Å²) in [4.78, 5) is 8.65. The predicted molar refractivity (Wildman–Crippen MR) is 130 cm³/mol. The number of aromatic nitrogens is 4. The van der Waals surface area contributed by atoms with E-state index in [0.717, 1.165) is 35.5 Å². The maximum absolute atomic E-state index is 10.2. The third-order valence-electron chi connectivity index (χ3n) is 5.58. The lowest BCUT2D eigenvalue weighted by molar-refractivity contribution is 0.0739. The predicted octanol–water partition coefficient (Wildman–Crippen LogP) is 5.45. The van der Waals surface area contributed by atoms with Gasteiger partial charge in [0.2, 0.25) is 0 Å². The zero-order valence-corrected chi connectivity index (χ0v) is 19.4. The van der Waals surface area contributed by atoms with E-state index < -0.39 is 5.60 Å². The van der Waals surface area contributed by atoms with E-state index in [2.05, 4.69) is 15.3 Å². The van der Waals surface area contributed by atoms with Crippen LogP contribution < -0.4 is 14.8 Å². The lowest BCUT2D eigenvalue weighted by Crippen LogP contribution is -2.17. The second-order valence-electron chi connectivity index (χ2n) is 8.88. The summed E-state index contributed by atoms with van der Waals surface area (Å²) >= 11 is 0. The largest absolute Gasteiger partial charge is 0.497 e. The fraction of sp³-hybridized carbons (Fsp3) is 0.269. The minimum Gasteiger partial charge on any atom is -0.497 e. The van der Waals surface area contributed by atoms with Crippen molar-refractivity contribution in [3.05, 3.63) is 72.8 Å². The molecular weight excluding hydrogens is 430 g/mol. The number of rotatable bonds is 8. The number of hydrogen-bond donors (Lipinski definition) is 2. The minimum absolute atomic E-state index is 0.424. The molecule has 5 rings (SSSR count). The number of nitrogens with zero attached hydrogens (tertiary/aromatic N) is 4. The highest BCUT2D eigenvalue weighted by Gasteiger charge is 2.27. The lowest BCUT2D eigenvalue weighted by Gasteiger charge is -2.17. The number of methoxy groups -OCH3 is 1. The molecule has 8 heteroatoms. The van der Waals surface area contributed by atoms with Gasteiger partial charge in [-0.05, 0) is 57.0 Å². The van der Waals surface area contributed by atoms with Crippen molar-refractivity contribution in [2.75, 3.05) is 12.4 Å². The van der Waals surface area contributed by atoms with Gasteiger partial charge in [0.1, 0.15) is 28.6 Å². The van der Waals surface area contributed by atoms with E-state index in [1.807, 2.05) is 53.3 Å². The number of nitrogens with one attached hydrogen (secondary N) is 1. The van der Waals surface area contributed by atoms with Gasteiger partial charge >= 0.3 is 0 Å². The van der Waals surface area contributed by atoms with E-state index in [4.69, 9.17) is 14.6 Å². The molecule has 0 amide bonds. The zero-order valence-electron chi connectivity index (χ0n) is 19.4. The summed E-state index contributed by atoms with van der Waals surface area (Å²) < 4.78 is 13.7. The highest BCUT2D eigenvalue weighted by Crippen LogP contribution is 2.40. The number of anilines is 2. The topological polar surface area (TPSA) is 94.3 Å². The van der Waals surface area contributed by atoms with E-state index in [9.17, 15) is 5.11 Å². The van der Waals surface area contributed by atoms with E-state index in [-0.39, 0.29) is 0 Å². The molecule has 0 unspecified atom stereocenters. The first-order valence-corrected chi connectivity index (χ1v) is 11.2. The quantitative estimate of drug-likeness (QED) is 0.363. The van der Waals surface area contributed by atoms with Gasteiger partial charge in [-0.3, -0.25) is 9.67 Å². The number of benzene rings is 1. The molecule has 0 spiro atoms. The molecule has 2 N–H and O–H groups in total. The van der Waals surface area contributed by atoms with Crippen molar-refractivity contribution in [1.82, 2.24) is 19.7 Å². The Bertz CT molecular complexity index is 1310. The van der Waals surface area contributed by atoms with E-state index >= 15 is 0 Å². The fourth-order valence-corrected chi connectivity index (χ4v) is 3.61. The second kappa shape index (κ2) is 8.79. The molecule has 8 nitrogen and oxygen atoms in total. The van der Waals surface area contributed by atoms with E-state index in [1.165, 1.54) is 0 Å². The van der Waals surface area contributed by atoms with Crippen LogP contribution in [0.3, 0.4) is 0 Å². The Labute approximate surface area is 198 Å². The van der Waals surface area contributed by atoms with Crippen molar-refractivity contribution in [2.45, 2.75) is 38.3 Å². The second-order valence-corrected chi connectivity index (χ2v) is 8.88. The van der Waals surface area contributed by atoms with Crippen LogP contribution in [0.2, 0.25) is 0 Å².